The van der Waals surface area contributed by atoms with Crippen molar-refractivity contribution >= 4 is 15.7 Å². The van der Waals surface area contributed by atoms with Crippen molar-refractivity contribution in [3.05, 3.63) is 29.8 Å². The molecule has 1 aliphatic rings. The Morgan fingerprint density at radius 2 is 1.95 bits per heavy atom. The van der Waals surface area contributed by atoms with E-state index in [0.717, 1.165) is 44.2 Å². The molecule has 1 fully saturated rings. The molecule has 0 amide bonds. The highest BCUT2D eigenvalue weighted by molar-refractivity contribution is 7.93. The number of rotatable bonds is 5. The molecule has 0 atom stereocenters. The van der Waals surface area contributed by atoms with Crippen molar-refractivity contribution in [3.8, 4) is 0 Å². The second kappa shape index (κ2) is 6.39. The van der Waals surface area contributed by atoms with Gasteiger partial charge in [0, 0.05) is 12.2 Å². The first-order valence-electron chi connectivity index (χ1n) is 6.87. The van der Waals surface area contributed by atoms with Gasteiger partial charge >= 0.3 is 0 Å². The van der Waals surface area contributed by atoms with E-state index < -0.39 is 10.0 Å². The predicted molar refractivity (Wildman–Crippen MR) is 78.6 cm³/mol. The van der Waals surface area contributed by atoms with Gasteiger partial charge in [-0.25, -0.2) is 8.42 Å². The number of benzene rings is 1. The molecule has 1 aromatic rings. The maximum absolute atomic E-state index is 12.3. The van der Waals surface area contributed by atoms with Crippen molar-refractivity contribution in [2.45, 2.75) is 43.9 Å². The van der Waals surface area contributed by atoms with Crippen LogP contribution in [0.25, 0.3) is 0 Å². The Labute approximate surface area is 115 Å². The Kier molecular flexibility index (Phi) is 4.82. The first kappa shape index (κ1) is 14.3. The molecule has 0 unspecified atom stereocenters. The van der Waals surface area contributed by atoms with E-state index in [1.54, 1.807) is 6.07 Å². The Morgan fingerprint density at radius 1 is 1.21 bits per heavy atom. The molecule has 0 aliphatic heterocycles. The standard InChI is InChI=1S/C14H22N2O2S/c1-15-11-12-6-5-7-13(10-12)16-19(17,18)14-8-3-2-4-9-14/h5-7,10,14-16H,2-4,8-9,11H2,1H3. The van der Waals surface area contributed by atoms with Gasteiger partial charge in [-0.3, -0.25) is 4.72 Å². The molecule has 19 heavy (non-hydrogen) atoms. The molecule has 1 saturated carbocycles. The van der Waals surface area contributed by atoms with E-state index in [-0.39, 0.29) is 5.25 Å². The van der Waals surface area contributed by atoms with Crippen LogP contribution < -0.4 is 10.0 Å². The average molecular weight is 282 g/mol. The van der Waals surface area contributed by atoms with Crippen molar-refractivity contribution < 1.29 is 8.42 Å². The van der Waals surface area contributed by atoms with Gasteiger partial charge in [0.25, 0.3) is 0 Å². The lowest BCUT2D eigenvalue weighted by Gasteiger charge is -2.22. The number of sulfonamides is 1. The van der Waals surface area contributed by atoms with Crippen molar-refractivity contribution in [2.75, 3.05) is 11.8 Å². The fraction of sp³-hybridized carbons (Fsp3) is 0.571. The Balaban J connectivity index is 2.08. The number of hydrogen-bond acceptors (Lipinski definition) is 3. The molecule has 0 bridgehead atoms. The molecule has 0 saturated heterocycles. The first-order valence-corrected chi connectivity index (χ1v) is 8.41. The molecule has 0 heterocycles. The van der Waals surface area contributed by atoms with Crippen LogP contribution in [-0.2, 0) is 16.6 Å². The Morgan fingerprint density at radius 3 is 2.63 bits per heavy atom. The van der Waals surface area contributed by atoms with Crippen LogP contribution in [0, 0.1) is 0 Å². The maximum Gasteiger partial charge on any atom is 0.235 e. The average Bonchev–Trinajstić information content (AvgIpc) is 2.40. The Hall–Kier alpha value is -1.07. The van der Waals surface area contributed by atoms with Crippen LogP contribution in [0.4, 0.5) is 5.69 Å². The summed E-state index contributed by atoms with van der Waals surface area (Å²) in [5, 5.41) is 2.83. The van der Waals surface area contributed by atoms with E-state index in [0.29, 0.717) is 5.69 Å². The smallest absolute Gasteiger partial charge is 0.235 e. The van der Waals surface area contributed by atoms with Crippen molar-refractivity contribution in [2.24, 2.45) is 0 Å². The zero-order chi connectivity index (χ0) is 13.7. The molecule has 2 rings (SSSR count). The summed E-state index contributed by atoms with van der Waals surface area (Å²) in [6.07, 6.45) is 4.76. The van der Waals surface area contributed by atoms with Gasteiger partial charge in [0.2, 0.25) is 10.0 Å². The zero-order valence-electron chi connectivity index (χ0n) is 11.4. The number of nitrogens with one attached hydrogen (secondary N) is 2. The monoisotopic (exact) mass is 282 g/mol. The molecule has 1 aliphatic carbocycles. The molecule has 0 aromatic heterocycles. The van der Waals surface area contributed by atoms with Gasteiger partial charge in [0.15, 0.2) is 0 Å². The third kappa shape index (κ3) is 3.94. The van der Waals surface area contributed by atoms with Crippen LogP contribution in [0.5, 0.6) is 0 Å². The minimum absolute atomic E-state index is 0.228. The summed E-state index contributed by atoms with van der Waals surface area (Å²) in [7, 11) is -1.36. The Bertz CT molecular complexity index is 508. The second-order valence-electron chi connectivity index (χ2n) is 5.14. The highest BCUT2D eigenvalue weighted by Gasteiger charge is 2.27. The van der Waals surface area contributed by atoms with Gasteiger partial charge in [-0.2, -0.15) is 0 Å². The molecule has 2 N–H and O–H groups in total. The van der Waals surface area contributed by atoms with Crippen LogP contribution in [0.3, 0.4) is 0 Å². The molecule has 1 aromatic carbocycles. The van der Waals surface area contributed by atoms with E-state index in [9.17, 15) is 8.42 Å². The summed E-state index contributed by atoms with van der Waals surface area (Å²) in [6.45, 7) is 0.735. The van der Waals surface area contributed by atoms with Crippen LogP contribution in [0.1, 0.15) is 37.7 Å². The summed E-state index contributed by atoms with van der Waals surface area (Å²) in [5.74, 6) is 0. The number of hydrogen-bond donors (Lipinski definition) is 2. The molecule has 4 nitrogen and oxygen atoms in total. The summed E-state index contributed by atoms with van der Waals surface area (Å²) >= 11 is 0. The quantitative estimate of drug-likeness (QED) is 0.872. The van der Waals surface area contributed by atoms with E-state index in [4.69, 9.17) is 0 Å². The summed E-state index contributed by atoms with van der Waals surface area (Å²) < 4.78 is 27.3. The lowest BCUT2D eigenvalue weighted by atomic mass is 10.0. The lowest BCUT2D eigenvalue weighted by Crippen LogP contribution is -2.29. The summed E-state index contributed by atoms with van der Waals surface area (Å²) in [5.41, 5.74) is 1.74. The fourth-order valence-corrected chi connectivity index (χ4v) is 4.15. The van der Waals surface area contributed by atoms with Gasteiger partial charge in [0.1, 0.15) is 0 Å². The predicted octanol–water partition coefficient (Wildman–Crippen LogP) is 2.48. The molecule has 106 valence electrons. The molecular formula is C14H22N2O2S. The third-order valence-electron chi connectivity index (χ3n) is 3.56. The van der Waals surface area contributed by atoms with E-state index in [2.05, 4.69) is 10.0 Å². The third-order valence-corrected chi connectivity index (χ3v) is 5.43. The van der Waals surface area contributed by atoms with E-state index in [1.165, 1.54) is 0 Å². The molecule has 0 spiro atoms. The van der Waals surface area contributed by atoms with Gasteiger partial charge in [-0.15, -0.1) is 0 Å². The highest BCUT2D eigenvalue weighted by atomic mass is 32.2. The zero-order valence-corrected chi connectivity index (χ0v) is 12.2. The van der Waals surface area contributed by atoms with E-state index in [1.807, 2.05) is 25.2 Å². The topological polar surface area (TPSA) is 58.2 Å². The van der Waals surface area contributed by atoms with Crippen molar-refractivity contribution in [3.63, 3.8) is 0 Å². The van der Waals surface area contributed by atoms with Crippen LogP contribution in [0.15, 0.2) is 24.3 Å². The molecule has 0 radical (unpaired) electrons. The van der Waals surface area contributed by atoms with E-state index >= 15 is 0 Å². The molecule has 5 heteroatoms. The minimum Gasteiger partial charge on any atom is -0.316 e. The maximum atomic E-state index is 12.3. The second-order valence-corrected chi connectivity index (χ2v) is 7.10. The molecular weight excluding hydrogens is 260 g/mol. The lowest BCUT2D eigenvalue weighted by molar-refractivity contribution is 0.486. The van der Waals surface area contributed by atoms with Gasteiger partial charge in [0.05, 0.1) is 5.25 Å². The largest absolute Gasteiger partial charge is 0.316 e. The normalized spacial score (nSPS) is 17.3. The highest BCUT2D eigenvalue weighted by Crippen LogP contribution is 2.25. The van der Waals surface area contributed by atoms with Crippen molar-refractivity contribution in [1.29, 1.82) is 0 Å². The van der Waals surface area contributed by atoms with Gasteiger partial charge in [-0.05, 0) is 37.6 Å². The number of anilines is 1. The van der Waals surface area contributed by atoms with Crippen molar-refractivity contribution in [1.82, 2.24) is 5.32 Å². The van der Waals surface area contributed by atoms with Crippen LogP contribution in [0.2, 0.25) is 0 Å². The summed E-state index contributed by atoms with van der Waals surface area (Å²) in [4.78, 5) is 0. The van der Waals surface area contributed by atoms with Gasteiger partial charge < -0.3 is 5.32 Å². The first-order chi connectivity index (χ1) is 9.12. The van der Waals surface area contributed by atoms with Crippen LogP contribution >= 0.6 is 0 Å². The minimum atomic E-state index is -3.24. The van der Waals surface area contributed by atoms with Gasteiger partial charge in [-0.1, -0.05) is 31.4 Å². The SMILES string of the molecule is CNCc1cccc(NS(=O)(=O)C2CCCCC2)c1. The summed E-state index contributed by atoms with van der Waals surface area (Å²) in [6, 6.07) is 7.55. The fourth-order valence-electron chi connectivity index (χ4n) is 2.57. The van der Waals surface area contributed by atoms with Crippen LogP contribution in [-0.4, -0.2) is 20.7 Å².